The molecular weight excluding hydrogens is 298 g/mol. The number of unbranched alkanes of at least 4 members (excludes halogenated alkanes) is 1. The van der Waals surface area contributed by atoms with Crippen LogP contribution in [0.15, 0.2) is 0 Å². The van der Waals surface area contributed by atoms with Gasteiger partial charge in [-0.15, -0.1) is 10.2 Å². The van der Waals surface area contributed by atoms with Crippen LogP contribution >= 0.6 is 22.9 Å². The zero-order chi connectivity index (χ0) is 14.7. The molecule has 0 aliphatic heterocycles. The summed E-state index contributed by atoms with van der Waals surface area (Å²) in [5.74, 6) is -0.307. The highest BCUT2D eigenvalue weighted by atomic mass is 35.5. The summed E-state index contributed by atoms with van der Waals surface area (Å²) in [6, 6.07) is 0. The number of carbonyl (C=O) groups is 1. The van der Waals surface area contributed by atoms with E-state index in [0.717, 1.165) is 24.3 Å². The van der Waals surface area contributed by atoms with E-state index in [-0.39, 0.29) is 5.91 Å². The summed E-state index contributed by atoms with van der Waals surface area (Å²) in [6.07, 6.45) is 3.05. The summed E-state index contributed by atoms with van der Waals surface area (Å²) in [7, 11) is 1.69. The van der Waals surface area contributed by atoms with Gasteiger partial charge in [0.15, 0.2) is 0 Å². The molecule has 6 nitrogen and oxygen atoms in total. The molecule has 2 heterocycles. The maximum Gasteiger partial charge on any atom is 0.262 e. The maximum absolute atomic E-state index is 12.2. The molecule has 0 aliphatic carbocycles. The van der Waals surface area contributed by atoms with Crippen LogP contribution in [-0.2, 0) is 13.5 Å². The van der Waals surface area contributed by atoms with Gasteiger partial charge in [-0.1, -0.05) is 36.3 Å². The lowest BCUT2D eigenvalue weighted by molar-refractivity contribution is 0.102. The SMILES string of the molecule is CCCCc1nnc(NC(=O)c2c(C)nn(C)c2Cl)s1. The standard InChI is InChI=1S/C12H16ClN5OS/c1-4-5-6-8-15-16-12(20-8)14-11(19)9-7(2)17-18(3)10(9)13/h4-6H2,1-3H3,(H,14,16,19). The highest BCUT2D eigenvalue weighted by Gasteiger charge is 2.20. The minimum Gasteiger partial charge on any atom is -0.296 e. The third-order valence-corrected chi connectivity index (χ3v) is 4.14. The average Bonchev–Trinajstić information content (AvgIpc) is 2.93. The van der Waals surface area contributed by atoms with Crippen LogP contribution in [0.4, 0.5) is 5.13 Å². The van der Waals surface area contributed by atoms with Gasteiger partial charge < -0.3 is 0 Å². The lowest BCUT2D eigenvalue weighted by atomic mass is 10.2. The second-order valence-corrected chi connectivity index (χ2v) is 5.85. The smallest absolute Gasteiger partial charge is 0.262 e. The summed E-state index contributed by atoms with van der Waals surface area (Å²) >= 11 is 7.45. The van der Waals surface area contributed by atoms with E-state index in [0.29, 0.717) is 21.5 Å². The van der Waals surface area contributed by atoms with Crippen molar-refractivity contribution in [2.75, 3.05) is 5.32 Å². The quantitative estimate of drug-likeness (QED) is 0.921. The molecule has 0 aliphatic rings. The monoisotopic (exact) mass is 313 g/mol. The van der Waals surface area contributed by atoms with Crippen molar-refractivity contribution in [3.05, 3.63) is 21.4 Å². The Morgan fingerprint density at radius 1 is 1.45 bits per heavy atom. The largest absolute Gasteiger partial charge is 0.296 e. The topological polar surface area (TPSA) is 72.7 Å². The number of nitrogens with zero attached hydrogens (tertiary/aromatic N) is 4. The van der Waals surface area contributed by atoms with Crippen LogP contribution in [0.25, 0.3) is 0 Å². The summed E-state index contributed by atoms with van der Waals surface area (Å²) in [5, 5.41) is 16.6. The van der Waals surface area contributed by atoms with Crippen LogP contribution in [-0.4, -0.2) is 25.9 Å². The molecule has 2 rings (SSSR count). The number of carbonyl (C=O) groups excluding carboxylic acids is 1. The number of aryl methyl sites for hydroxylation is 3. The Balaban J connectivity index is 2.09. The van der Waals surface area contributed by atoms with Crippen molar-refractivity contribution >= 4 is 34.0 Å². The number of hydrogen-bond donors (Lipinski definition) is 1. The van der Waals surface area contributed by atoms with Gasteiger partial charge in [-0.05, 0) is 13.3 Å². The fourth-order valence-corrected chi connectivity index (χ4v) is 2.82. The van der Waals surface area contributed by atoms with Crippen molar-refractivity contribution in [2.24, 2.45) is 7.05 Å². The summed E-state index contributed by atoms with van der Waals surface area (Å²) in [6.45, 7) is 3.87. The van der Waals surface area contributed by atoms with Crippen molar-refractivity contribution < 1.29 is 4.79 Å². The molecule has 0 unspecified atom stereocenters. The van der Waals surface area contributed by atoms with Gasteiger partial charge in [-0.3, -0.25) is 14.8 Å². The van der Waals surface area contributed by atoms with Crippen LogP contribution < -0.4 is 5.32 Å². The molecule has 2 aromatic heterocycles. The molecule has 0 bridgehead atoms. The number of rotatable bonds is 5. The first-order chi connectivity index (χ1) is 9.52. The van der Waals surface area contributed by atoms with E-state index >= 15 is 0 Å². The van der Waals surface area contributed by atoms with E-state index in [2.05, 4.69) is 27.5 Å². The Morgan fingerprint density at radius 2 is 2.20 bits per heavy atom. The number of nitrogens with one attached hydrogen (secondary N) is 1. The predicted octanol–water partition coefficient (Wildman–Crippen LogP) is 2.83. The fraction of sp³-hybridized carbons (Fsp3) is 0.500. The Bertz CT molecular complexity index is 621. The molecule has 0 atom stereocenters. The Kier molecular flexibility index (Phi) is 4.72. The lowest BCUT2D eigenvalue weighted by Gasteiger charge is -2.00. The van der Waals surface area contributed by atoms with Gasteiger partial charge >= 0.3 is 0 Å². The minimum atomic E-state index is -0.307. The summed E-state index contributed by atoms with van der Waals surface area (Å²) < 4.78 is 1.47. The average molecular weight is 314 g/mol. The van der Waals surface area contributed by atoms with Gasteiger partial charge in [-0.2, -0.15) is 5.10 Å². The Hall–Kier alpha value is -1.47. The Labute approximate surface area is 126 Å². The second kappa shape index (κ2) is 6.32. The summed E-state index contributed by atoms with van der Waals surface area (Å²) in [5.41, 5.74) is 0.963. The molecule has 1 amide bonds. The molecular formula is C12H16ClN5OS. The van der Waals surface area contributed by atoms with Gasteiger partial charge in [0, 0.05) is 13.5 Å². The number of halogens is 1. The van der Waals surface area contributed by atoms with E-state index in [4.69, 9.17) is 11.6 Å². The van der Waals surface area contributed by atoms with Gasteiger partial charge in [-0.25, -0.2) is 0 Å². The first-order valence-corrected chi connectivity index (χ1v) is 7.55. The van der Waals surface area contributed by atoms with Crippen LogP contribution in [0.5, 0.6) is 0 Å². The molecule has 8 heteroatoms. The molecule has 20 heavy (non-hydrogen) atoms. The van der Waals surface area contributed by atoms with Crippen molar-refractivity contribution in [2.45, 2.75) is 33.1 Å². The van der Waals surface area contributed by atoms with Crippen molar-refractivity contribution in [3.8, 4) is 0 Å². The number of aromatic nitrogens is 4. The second-order valence-electron chi connectivity index (χ2n) is 4.43. The zero-order valence-electron chi connectivity index (χ0n) is 11.6. The Morgan fingerprint density at radius 3 is 2.80 bits per heavy atom. The first kappa shape index (κ1) is 14.9. The van der Waals surface area contributed by atoms with Crippen molar-refractivity contribution in [3.63, 3.8) is 0 Å². The first-order valence-electron chi connectivity index (χ1n) is 6.35. The van der Waals surface area contributed by atoms with Crippen molar-refractivity contribution in [1.29, 1.82) is 0 Å². The van der Waals surface area contributed by atoms with Crippen molar-refractivity contribution in [1.82, 2.24) is 20.0 Å². The number of anilines is 1. The highest BCUT2D eigenvalue weighted by molar-refractivity contribution is 7.15. The van der Waals surface area contributed by atoms with Gasteiger partial charge in [0.1, 0.15) is 10.2 Å². The van der Waals surface area contributed by atoms with E-state index in [9.17, 15) is 4.79 Å². The van der Waals surface area contributed by atoms with E-state index < -0.39 is 0 Å². The van der Waals surface area contributed by atoms with Crippen LogP contribution in [0.2, 0.25) is 5.15 Å². The molecule has 0 fully saturated rings. The number of hydrogen-bond acceptors (Lipinski definition) is 5. The van der Waals surface area contributed by atoms with Crippen LogP contribution in [0.1, 0.15) is 40.8 Å². The van der Waals surface area contributed by atoms with Crippen LogP contribution in [0.3, 0.4) is 0 Å². The molecule has 0 radical (unpaired) electrons. The van der Waals surface area contributed by atoms with Crippen LogP contribution in [0, 0.1) is 6.92 Å². The van der Waals surface area contributed by atoms with E-state index in [1.165, 1.54) is 16.0 Å². The third kappa shape index (κ3) is 3.16. The maximum atomic E-state index is 12.2. The lowest BCUT2D eigenvalue weighted by Crippen LogP contribution is -2.13. The highest BCUT2D eigenvalue weighted by Crippen LogP contribution is 2.22. The molecule has 0 aromatic carbocycles. The molecule has 0 saturated heterocycles. The number of amides is 1. The molecule has 1 N–H and O–H groups in total. The van der Waals surface area contributed by atoms with E-state index in [1.54, 1.807) is 14.0 Å². The third-order valence-electron chi connectivity index (χ3n) is 2.81. The molecule has 108 valence electrons. The normalized spacial score (nSPS) is 10.8. The van der Waals surface area contributed by atoms with Gasteiger partial charge in [0.05, 0.1) is 11.3 Å². The zero-order valence-corrected chi connectivity index (χ0v) is 13.2. The molecule has 2 aromatic rings. The molecule has 0 saturated carbocycles. The van der Waals surface area contributed by atoms with E-state index in [1.807, 2.05) is 0 Å². The van der Waals surface area contributed by atoms with Gasteiger partial charge in [0.2, 0.25) is 5.13 Å². The predicted molar refractivity (Wildman–Crippen MR) is 79.4 cm³/mol. The summed E-state index contributed by atoms with van der Waals surface area (Å²) in [4.78, 5) is 12.2. The fourth-order valence-electron chi connectivity index (χ4n) is 1.78. The van der Waals surface area contributed by atoms with Gasteiger partial charge in [0.25, 0.3) is 5.91 Å². The molecule has 0 spiro atoms. The minimum absolute atomic E-state index is 0.307.